The largest absolute Gasteiger partial charge is 0.392 e. The second-order valence-electron chi connectivity index (χ2n) is 11.1. The molecule has 0 spiro atoms. The van der Waals surface area contributed by atoms with Crippen molar-refractivity contribution in [3.8, 4) is 0 Å². The maximum atomic E-state index is 12.4. The summed E-state index contributed by atoms with van der Waals surface area (Å²) in [6, 6.07) is 16.0. The third-order valence-electron chi connectivity index (χ3n) is 7.83. The Labute approximate surface area is 243 Å². The zero-order valence-electron chi connectivity index (χ0n) is 24.3. The van der Waals surface area contributed by atoms with Gasteiger partial charge in [0.25, 0.3) is 0 Å². The van der Waals surface area contributed by atoms with Crippen molar-refractivity contribution >= 4 is 17.5 Å². The van der Waals surface area contributed by atoms with Gasteiger partial charge in [-0.2, -0.15) is 0 Å². The first kappa shape index (κ1) is 31.1. The number of amides is 2. The molecule has 41 heavy (non-hydrogen) atoms. The highest BCUT2D eigenvalue weighted by atomic mass is 16.7. The molecular weight excluding hydrogens is 522 g/mol. The van der Waals surface area contributed by atoms with Gasteiger partial charge in [-0.3, -0.25) is 14.5 Å². The quantitative estimate of drug-likeness (QED) is 0.289. The molecule has 4 rings (SSSR count). The van der Waals surface area contributed by atoms with Gasteiger partial charge in [-0.05, 0) is 55.5 Å². The highest BCUT2D eigenvalue weighted by molar-refractivity contribution is 5.90. The zero-order chi connectivity index (χ0) is 29.0. The maximum Gasteiger partial charge on any atom is 0.224 e. The fourth-order valence-electron chi connectivity index (χ4n) is 5.61. The van der Waals surface area contributed by atoms with Crippen LogP contribution >= 0.6 is 0 Å². The number of rotatable bonds is 14. The fraction of sp³-hybridized carbons (Fsp3) is 0.562. The van der Waals surface area contributed by atoms with Crippen molar-refractivity contribution in [3.63, 3.8) is 0 Å². The summed E-state index contributed by atoms with van der Waals surface area (Å²) in [5.41, 5.74) is 3.57. The lowest BCUT2D eigenvalue weighted by atomic mass is 9.99. The lowest BCUT2D eigenvalue weighted by Gasteiger charge is -2.38. The molecule has 2 aromatic rings. The predicted octanol–water partition coefficient (Wildman–Crippen LogP) is 4.47. The molecule has 2 saturated heterocycles. The molecular formula is C32H45N3O6. The molecule has 0 aliphatic carbocycles. The normalized spacial score (nSPS) is 22.9. The van der Waals surface area contributed by atoms with Crippen LogP contribution in [0.2, 0.25) is 0 Å². The summed E-state index contributed by atoms with van der Waals surface area (Å²) < 4.78 is 18.5. The van der Waals surface area contributed by atoms with E-state index in [1.807, 2.05) is 48.5 Å². The number of likely N-dealkylation sites (tertiary alicyclic amines) is 1. The van der Waals surface area contributed by atoms with E-state index in [9.17, 15) is 14.7 Å². The highest BCUT2D eigenvalue weighted by Gasteiger charge is 2.35. The summed E-state index contributed by atoms with van der Waals surface area (Å²) in [5.74, 6) is -0.0506. The van der Waals surface area contributed by atoms with Crippen molar-refractivity contribution in [2.24, 2.45) is 0 Å². The third-order valence-corrected chi connectivity index (χ3v) is 7.83. The molecule has 0 bridgehead atoms. The lowest BCUT2D eigenvalue weighted by molar-refractivity contribution is -0.253. The molecule has 0 saturated carbocycles. The summed E-state index contributed by atoms with van der Waals surface area (Å²) in [5, 5.41) is 15.2. The standard InChI is InChI=1S/C32H45N3O6/c1-23(37)33-17-5-3-4-8-31(38)34-27-15-13-26(14-16-27)32-40-29(20-35-18-6-7-28(35)22-39-2)19-30(41-32)25-11-9-24(21-36)10-12-25/h9-16,28-30,32,36H,3-8,17-22H2,1-2H3,(H,33,37)(H,34,38)/t28-,29+,30-,32-/m0/s1. The average molecular weight is 568 g/mol. The monoisotopic (exact) mass is 567 g/mol. The van der Waals surface area contributed by atoms with Gasteiger partial charge < -0.3 is 30.0 Å². The van der Waals surface area contributed by atoms with E-state index in [4.69, 9.17) is 14.2 Å². The minimum Gasteiger partial charge on any atom is -0.392 e. The molecule has 4 atom stereocenters. The van der Waals surface area contributed by atoms with Gasteiger partial charge in [0.2, 0.25) is 11.8 Å². The van der Waals surface area contributed by atoms with Crippen LogP contribution in [0.4, 0.5) is 5.69 Å². The number of unbranched alkanes of at least 4 members (excludes halogenated alkanes) is 2. The van der Waals surface area contributed by atoms with Crippen LogP contribution in [0.1, 0.15) is 81.0 Å². The van der Waals surface area contributed by atoms with E-state index in [2.05, 4.69) is 15.5 Å². The van der Waals surface area contributed by atoms with Crippen molar-refractivity contribution in [2.75, 3.05) is 38.7 Å². The number of methoxy groups -OCH3 is 1. The van der Waals surface area contributed by atoms with Crippen LogP contribution < -0.4 is 10.6 Å². The number of hydrogen-bond donors (Lipinski definition) is 3. The minimum atomic E-state index is -0.534. The van der Waals surface area contributed by atoms with Crippen LogP contribution in [-0.2, 0) is 30.4 Å². The fourth-order valence-corrected chi connectivity index (χ4v) is 5.61. The van der Waals surface area contributed by atoms with Crippen molar-refractivity contribution in [3.05, 3.63) is 65.2 Å². The Bertz CT molecular complexity index is 1090. The Morgan fingerprint density at radius 2 is 1.78 bits per heavy atom. The first-order valence-corrected chi connectivity index (χ1v) is 14.8. The Morgan fingerprint density at radius 3 is 2.49 bits per heavy atom. The van der Waals surface area contributed by atoms with Gasteiger partial charge in [-0.1, -0.05) is 42.8 Å². The number of benzene rings is 2. The summed E-state index contributed by atoms with van der Waals surface area (Å²) >= 11 is 0. The second-order valence-corrected chi connectivity index (χ2v) is 11.1. The van der Waals surface area contributed by atoms with E-state index in [0.29, 0.717) is 19.0 Å². The van der Waals surface area contributed by atoms with Crippen molar-refractivity contribution in [2.45, 2.75) is 83.0 Å². The van der Waals surface area contributed by atoms with E-state index in [0.717, 1.165) is 80.6 Å². The SMILES string of the molecule is COC[C@@H]1CCCN1C[C@H]1C[C@@H](c2ccc(CO)cc2)O[C@@H](c2ccc(NC(=O)CCCCCNC(C)=O)cc2)O1. The number of aliphatic hydroxyl groups excluding tert-OH is 1. The van der Waals surface area contributed by atoms with Crippen LogP contribution in [0, 0.1) is 0 Å². The Morgan fingerprint density at radius 1 is 1.02 bits per heavy atom. The van der Waals surface area contributed by atoms with Crippen LogP contribution in [0.15, 0.2) is 48.5 Å². The van der Waals surface area contributed by atoms with Gasteiger partial charge in [0.15, 0.2) is 6.29 Å². The number of carbonyl (C=O) groups is 2. The zero-order valence-corrected chi connectivity index (χ0v) is 24.3. The van der Waals surface area contributed by atoms with E-state index >= 15 is 0 Å². The summed E-state index contributed by atoms with van der Waals surface area (Å²) in [7, 11) is 1.76. The number of nitrogens with one attached hydrogen (secondary N) is 2. The molecule has 2 fully saturated rings. The number of carbonyl (C=O) groups excluding carboxylic acids is 2. The first-order valence-electron chi connectivity index (χ1n) is 14.8. The van der Waals surface area contributed by atoms with Gasteiger partial charge >= 0.3 is 0 Å². The Kier molecular flexibility index (Phi) is 12.1. The van der Waals surface area contributed by atoms with Gasteiger partial charge in [0.1, 0.15) is 0 Å². The van der Waals surface area contributed by atoms with Gasteiger partial charge in [0, 0.05) is 57.3 Å². The van der Waals surface area contributed by atoms with Crippen molar-refractivity contribution < 1.29 is 28.9 Å². The summed E-state index contributed by atoms with van der Waals surface area (Å²) in [4.78, 5) is 25.8. The molecule has 9 heteroatoms. The molecule has 2 aromatic carbocycles. The van der Waals surface area contributed by atoms with Gasteiger partial charge in [0.05, 0.1) is 25.4 Å². The Hall–Kier alpha value is -2.82. The number of hydrogen-bond acceptors (Lipinski definition) is 7. The average Bonchev–Trinajstić information content (AvgIpc) is 3.41. The smallest absolute Gasteiger partial charge is 0.224 e. The van der Waals surface area contributed by atoms with E-state index < -0.39 is 6.29 Å². The molecule has 0 unspecified atom stereocenters. The second kappa shape index (κ2) is 16.0. The van der Waals surface area contributed by atoms with Crippen LogP contribution in [0.3, 0.4) is 0 Å². The molecule has 224 valence electrons. The molecule has 2 aliphatic heterocycles. The maximum absolute atomic E-state index is 12.4. The molecule has 0 radical (unpaired) electrons. The number of nitrogens with zero attached hydrogens (tertiary/aromatic N) is 1. The summed E-state index contributed by atoms with van der Waals surface area (Å²) in [6.45, 7) is 4.75. The lowest BCUT2D eigenvalue weighted by Crippen LogP contribution is -2.42. The molecule has 2 aliphatic rings. The van der Waals surface area contributed by atoms with E-state index in [-0.39, 0.29) is 30.6 Å². The predicted molar refractivity (Wildman–Crippen MR) is 157 cm³/mol. The topological polar surface area (TPSA) is 109 Å². The first-order chi connectivity index (χ1) is 19.9. The summed E-state index contributed by atoms with van der Waals surface area (Å²) in [6.07, 6.45) is 5.32. The van der Waals surface area contributed by atoms with Crippen molar-refractivity contribution in [1.29, 1.82) is 0 Å². The number of anilines is 1. The van der Waals surface area contributed by atoms with Gasteiger partial charge in [-0.25, -0.2) is 0 Å². The van der Waals surface area contributed by atoms with Crippen LogP contribution in [-0.4, -0.2) is 67.3 Å². The molecule has 9 nitrogen and oxygen atoms in total. The van der Waals surface area contributed by atoms with Crippen molar-refractivity contribution in [1.82, 2.24) is 10.2 Å². The minimum absolute atomic E-state index is 0.0114. The van der Waals surface area contributed by atoms with Crippen LogP contribution in [0.25, 0.3) is 0 Å². The van der Waals surface area contributed by atoms with E-state index in [1.54, 1.807) is 7.11 Å². The molecule has 0 aromatic heterocycles. The number of ether oxygens (including phenoxy) is 3. The Balaban J connectivity index is 1.37. The molecule has 3 N–H and O–H groups in total. The number of aliphatic hydroxyl groups is 1. The van der Waals surface area contributed by atoms with Crippen LogP contribution in [0.5, 0.6) is 0 Å². The van der Waals surface area contributed by atoms with Gasteiger partial charge in [-0.15, -0.1) is 0 Å². The third kappa shape index (κ3) is 9.61. The molecule has 2 heterocycles. The molecule has 2 amide bonds. The highest BCUT2D eigenvalue weighted by Crippen LogP contribution is 2.39. The van der Waals surface area contributed by atoms with E-state index in [1.165, 1.54) is 6.92 Å².